The molecule has 0 bridgehead atoms. The van der Waals surface area contributed by atoms with Crippen LogP contribution in [0.4, 0.5) is 0 Å². The van der Waals surface area contributed by atoms with Gasteiger partial charge in [0, 0.05) is 32.3 Å². The minimum atomic E-state index is 0.111. The lowest BCUT2D eigenvalue weighted by Crippen LogP contribution is -2.35. The van der Waals surface area contributed by atoms with Crippen LogP contribution in [0.15, 0.2) is 24.9 Å². The zero-order chi connectivity index (χ0) is 15.1. The van der Waals surface area contributed by atoms with E-state index >= 15 is 0 Å². The summed E-state index contributed by atoms with van der Waals surface area (Å²) in [7, 11) is 1.61. The summed E-state index contributed by atoms with van der Waals surface area (Å²) in [5, 5.41) is 4.33. The molecule has 21 heavy (non-hydrogen) atoms. The molecule has 0 saturated heterocycles. The number of carbonyl (C=O) groups is 1. The van der Waals surface area contributed by atoms with Crippen molar-refractivity contribution in [2.24, 2.45) is 5.92 Å². The van der Waals surface area contributed by atoms with Gasteiger partial charge in [-0.15, -0.1) is 6.58 Å². The number of methoxy groups -OCH3 is 1. The van der Waals surface area contributed by atoms with Crippen molar-refractivity contribution in [3.63, 3.8) is 0 Å². The number of nitrogens with zero attached hydrogens (tertiary/aromatic N) is 3. The van der Waals surface area contributed by atoms with Gasteiger partial charge < -0.3 is 14.4 Å². The van der Waals surface area contributed by atoms with Crippen LogP contribution < -0.4 is 0 Å². The Morgan fingerprint density at radius 1 is 1.57 bits per heavy atom. The van der Waals surface area contributed by atoms with Crippen LogP contribution in [0, 0.1) is 5.92 Å². The second-order valence-corrected chi connectivity index (χ2v) is 5.21. The van der Waals surface area contributed by atoms with Crippen molar-refractivity contribution < 1.29 is 14.3 Å². The minimum absolute atomic E-state index is 0.111. The van der Waals surface area contributed by atoms with Gasteiger partial charge in [0.05, 0.1) is 38.5 Å². The number of aromatic nitrogens is 2. The number of hydrogen-bond donors (Lipinski definition) is 0. The third-order valence-electron chi connectivity index (χ3n) is 3.53. The molecule has 1 aliphatic rings. The second kappa shape index (κ2) is 7.95. The summed E-state index contributed by atoms with van der Waals surface area (Å²) >= 11 is 0. The Bertz CT molecular complexity index is 472. The van der Waals surface area contributed by atoms with E-state index < -0.39 is 0 Å². The largest absolute Gasteiger partial charge is 0.384 e. The van der Waals surface area contributed by atoms with E-state index in [2.05, 4.69) is 11.7 Å². The van der Waals surface area contributed by atoms with Gasteiger partial charge in [-0.25, -0.2) is 0 Å². The number of fused-ring (bicyclic) bond motifs is 1. The Morgan fingerprint density at radius 3 is 3.19 bits per heavy atom. The van der Waals surface area contributed by atoms with Gasteiger partial charge in [-0.1, -0.05) is 6.08 Å². The monoisotopic (exact) mass is 293 g/mol. The standard InChI is InChI=1S/C15H23N3O3/c1-3-7-21-12-13-9-17(15(19)5-8-20-2)11-14-4-6-16-18(14)10-13/h3-4,6,13H,1,5,7-12H2,2H3/t13-/m1/s1. The first kappa shape index (κ1) is 15.7. The van der Waals surface area contributed by atoms with Gasteiger partial charge >= 0.3 is 0 Å². The molecule has 0 N–H and O–H groups in total. The molecule has 0 aromatic carbocycles. The summed E-state index contributed by atoms with van der Waals surface area (Å²) in [6.45, 7) is 7.27. The average molecular weight is 293 g/mol. The molecule has 0 aliphatic carbocycles. The van der Waals surface area contributed by atoms with E-state index in [0.717, 1.165) is 12.2 Å². The summed E-state index contributed by atoms with van der Waals surface area (Å²) in [5.41, 5.74) is 1.06. The highest BCUT2D eigenvalue weighted by Gasteiger charge is 2.25. The topological polar surface area (TPSA) is 56.6 Å². The zero-order valence-electron chi connectivity index (χ0n) is 12.5. The first-order valence-electron chi connectivity index (χ1n) is 7.20. The van der Waals surface area contributed by atoms with E-state index in [0.29, 0.717) is 39.3 Å². The molecule has 1 aliphatic heterocycles. The van der Waals surface area contributed by atoms with Gasteiger partial charge in [0.2, 0.25) is 5.91 Å². The molecule has 1 aromatic rings. The van der Waals surface area contributed by atoms with Crippen molar-refractivity contribution in [2.45, 2.75) is 19.5 Å². The van der Waals surface area contributed by atoms with Crippen LogP contribution in [0.5, 0.6) is 0 Å². The molecule has 0 radical (unpaired) electrons. The average Bonchev–Trinajstić information content (AvgIpc) is 2.83. The maximum Gasteiger partial charge on any atom is 0.225 e. The first-order chi connectivity index (χ1) is 10.2. The first-order valence-corrected chi connectivity index (χ1v) is 7.20. The van der Waals surface area contributed by atoms with Crippen LogP contribution in [0.25, 0.3) is 0 Å². The van der Waals surface area contributed by atoms with Gasteiger partial charge in [0.15, 0.2) is 0 Å². The fourth-order valence-electron chi connectivity index (χ4n) is 2.49. The summed E-state index contributed by atoms with van der Waals surface area (Å²) < 4.78 is 12.5. The molecular weight excluding hydrogens is 270 g/mol. The molecule has 6 heteroatoms. The van der Waals surface area contributed by atoms with Gasteiger partial charge in [0.25, 0.3) is 0 Å². The SMILES string of the molecule is C=CCOC[C@@H]1CN(C(=O)CCOC)Cc2ccnn2C1. The Morgan fingerprint density at radius 2 is 2.43 bits per heavy atom. The van der Waals surface area contributed by atoms with Crippen molar-refractivity contribution >= 4 is 5.91 Å². The van der Waals surface area contributed by atoms with Crippen LogP contribution in [-0.4, -0.2) is 54.1 Å². The van der Waals surface area contributed by atoms with E-state index in [9.17, 15) is 4.79 Å². The quantitative estimate of drug-likeness (QED) is 0.557. The Hall–Kier alpha value is -1.66. The summed E-state index contributed by atoms with van der Waals surface area (Å²) in [5.74, 6) is 0.345. The summed E-state index contributed by atoms with van der Waals surface area (Å²) in [6, 6.07) is 1.96. The number of hydrogen-bond acceptors (Lipinski definition) is 4. The smallest absolute Gasteiger partial charge is 0.225 e. The molecule has 2 heterocycles. The summed E-state index contributed by atoms with van der Waals surface area (Å²) in [6.07, 6.45) is 3.92. The molecule has 1 aromatic heterocycles. The fraction of sp³-hybridized carbons (Fsp3) is 0.600. The molecule has 0 saturated carbocycles. The lowest BCUT2D eigenvalue weighted by atomic mass is 10.1. The maximum absolute atomic E-state index is 12.3. The number of amides is 1. The summed E-state index contributed by atoms with van der Waals surface area (Å²) in [4.78, 5) is 14.2. The lowest BCUT2D eigenvalue weighted by Gasteiger charge is -2.24. The maximum atomic E-state index is 12.3. The normalized spacial score (nSPS) is 18.1. The second-order valence-electron chi connectivity index (χ2n) is 5.21. The molecule has 116 valence electrons. The van der Waals surface area contributed by atoms with Crippen molar-refractivity contribution in [3.8, 4) is 0 Å². The molecule has 2 rings (SSSR count). The van der Waals surface area contributed by atoms with Crippen molar-refractivity contribution in [3.05, 3.63) is 30.6 Å². The van der Waals surface area contributed by atoms with Crippen LogP contribution in [0.2, 0.25) is 0 Å². The molecule has 0 spiro atoms. The predicted molar refractivity (Wildman–Crippen MR) is 78.6 cm³/mol. The molecule has 1 atom stereocenters. The van der Waals surface area contributed by atoms with Gasteiger partial charge in [-0.05, 0) is 6.07 Å². The molecule has 6 nitrogen and oxygen atoms in total. The zero-order valence-corrected chi connectivity index (χ0v) is 12.5. The van der Waals surface area contributed by atoms with Crippen LogP contribution >= 0.6 is 0 Å². The van der Waals surface area contributed by atoms with E-state index in [-0.39, 0.29) is 11.8 Å². The van der Waals surface area contributed by atoms with Gasteiger partial charge in [0.1, 0.15) is 0 Å². The Balaban J connectivity index is 2.03. The van der Waals surface area contributed by atoms with Gasteiger partial charge in [-0.3, -0.25) is 9.48 Å². The van der Waals surface area contributed by atoms with E-state index in [1.807, 2.05) is 15.6 Å². The van der Waals surface area contributed by atoms with Crippen molar-refractivity contribution in [1.82, 2.24) is 14.7 Å². The highest BCUT2D eigenvalue weighted by atomic mass is 16.5. The molecule has 0 fully saturated rings. The van der Waals surface area contributed by atoms with Crippen molar-refractivity contribution in [1.29, 1.82) is 0 Å². The highest BCUT2D eigenvalue weighted by molar-refractivity contribution is 5.76. The molecular formula is C15H23N3O3. The van der Waals surface area contributed by atoms with E-state index in [4.69, 9.17) is 9.47 Å². The van der Waals surface area contributed by atoms with Crippen molar-refractivity contribution in [2.75, 3.05) is 33.5 Å². The Labute approximate surface area is 125 Å². The molecule has 1 amide bonds. The minimum Gasteiger partial charge on any atom is -0.384 e. The number of rotatable bonds is 7. The third-order valence-corrected chi connectivity index (χ3v) is 3.53. The Kier molecular flexibility index (Phi) is 5.95. The number of carbonyl (C=O) groups excluding carboxylic acids is 1. The molecule has 0 unspecified atom stereocenters. The van der Waals surface area contributed by atoms with Crippen LogP contribution in [0.1, 0.15) is 12.1 Å². The van der Waals surface area contributed by atoms with Gasteiger partial charge in [-0.2, -0.15) is 5.10 Å². The number of ether oxygens (including phenoxy) is 2. The highest BCUT2D eigenvalue weighted by Crippen LogP contribution is 2.17. The predicted octanol–water partition coefficient (Wildman–Crippen LogP) is 1.08. The third kappa shape index (κ3) is 4.41. The van der Waals surface area contributed by atoms with E-state index in [1.165, 1.54) is 0 Å². The van der Waals surface area contributed by atoms with Crippen LogP contribution in [-0.2, 0) is 27.4 Å². The lowest BCUT2D eigenvalue weighted by molar-refractivity contribution is -0.133. The van der Waals surface area contributed by atoms with Crippen LogP contribution in [0.3, 0.4) is 0 Å². The van der Waals surface area contributed by atoms with E-state index in [1.54, 1.807) is 19.4 Å². The fourth-order valence-corrected chi connectivity index (χ4v) is 2.49.